The molecule has 0 bridgehead atoms. The van der Waals surface area contributed by atoms with Gasteiger partial charge in [0.15, 0.2) is 0 Å². The quantitative estimate of drug-likeness (QED) is 0.660. The van der Waals surface area contributed by atoms with E-state index >= 15 is 0 Å². The molecule has 2 aromatic rings. The number of nitrogens with one attached hydrogen (secondary N) is 2. The van der Waals surface area contributed by atoms with Crippen LogP contribution in [-0.2, 0) is 10.5 Å². The van der Waals surface area contributed by atoms with Crippen LogP contribution in [0.4, 0.5) is 22.0 Å². The average Bonchev–Trinajstić information content (AvgIpc) is 3.39. The summed E-state index contributed by atoms with van der Waals surface area (Å²) in [6.45, 7) is 0.768. The highest BCUT2D eigenvalue weighted by atomic mass is 32.2. The lowest BCUT2D eigenvalue weighted by Crippen LogP contribution is -2.27. The van der Waals surface area contributed by atoms with Crippen LogP contribution >= 0.6 is 11.8 Å². The van der Waals surface area contributed by atoms with Gasteiger partial charge < -0.3 is 16.4 Å². The molecule has 9 heteroatoms. The third-order valence-electron chi connectivity index (χ3n) is 3.55. The van der Waals surface area contributed by atoms with Gasteiger partial charge in [0.1, 0.15) is 11.6 Å². The van der Waals surface area contributed by atoms with Crippen molar-refractivity contribution < 1.29 is 9.18 Å². The van der Waals surface area contributed by atoms with E-state index in [4.69, 9.17) is 5.73 Å². The molecule has 1 aliphatic carbocycles. The Morgan fingerprint density at radius 2 is 2.00 bits per heavy atom. The van der Waals surface area contributed by atoms with Crippen LogP contribution in [0, 0.1) is 11.7 Å². The van der Waals surface area contributed by atoms with Crippen LogP contribution in [0.1, 0.15) is 18.7 Å². The molecule has 0 saturated heterocycles. The van der Waals surface area contributed by atoms with Gasteiger partial charge in [-0.3, -0.25) is 4.79 Å². The first-order valence-corrected chi connectivity index (χ1v) is 9.11. The Bertz CT molecular complexity index is 738. The fourth-order valence-corrected chi connectivity index (χ4v) is 2.79. The number of carbonyl (C=O) groups excluding carboxylic acids is 1. The van der Waals surface area contributed by atoms with Crippen molar-refractivity contribution in [1.29, 1.82) is 0 Å². The highest BCUT2D eigenvalue weighted by Gasteiger charge is 2.21. The number of nitrogens with zero attached hydrogens (tertiary/aromatic N) is 3. The van der Waals surface area contributed by atoms with E-state index in [0.717, 1.165) is 6.54 Å². The number of halogens is 1. The van der Waals surface area contributed by atoms with Gasteiger partial charge in [-0.05, 0) is 43.0 Å². The number of rotatable bonds is 8. The number of nitrogens with two attached hydrogens (primary N) is 1. The van der Waals surface area contributed by atoms with Crippen molar-refractivity contribution in [3.8, 4) is 0 Å². The first kappa shape index (κ1) is 17.4. The van der Waals surface area contributed by atoms with E-state index in [1.54, 1.807) is 12.1 Å². The Kier molecular flexibility index (Phi) is 5.64. The smallest absolute Gasteiger partial charge is 0.232 e. The summed E-state index contributed by atoms with van der Waals surface area (Å²) in [5.41, 5.74) is 6.35. The zero-order valence-electron chi connectivity index (χ0n) is 13.5. The van der Waals surface area contributed by atoms with Crippen molar-refractivity contribution in [2.75, 3.05) is 23.3 Å². The normalized spacial score (nSPS) is 13.5. The summed E-state index contributed by atoms with van der Waals surface area (Å²) in [5, 5.41) is 5.86. The molecule has 1 amide bonds. The number of amides is 1. The van der Waals surface area contributed by atoms with Crippen LogP contribution in [-0.4, -0.2) is 33.2 Å². The van der Waals surface area contributed by atoms with Crippen LogP contribution in [0.25, 0.3) is 0 Å². The monoisotopic (exact) mass is 362 g/mol. The Morgan fingerprint density at radius 1 is 1.24 bits per heavy atom. The van der Waals surface area contributed by atoms with Crippen molar-refractivity contribution in [2.45, 2.75) is 18.6 Å². The Morgan fingerprint density at radius 3 is 2.72 bits per heavy atom. The highest BCUT2D eigenvalue weighted by molar-refractivity contribution is 7.99. The average molecular weight is 362 g/mol. The number of carbonyl (C=O) groups is 1. The van der Waals surface area contributed by atoms with Crippen molar-refractivity contribution in [1.82, 2.24) is 20.3 Å². The summed E-state index contributed by atoms with van der Waals surface area (Å²) in [6.07, 6.45) is 2.42. The lowest BCUT2D eigenvalue weighted by Gasteiger charge is -2.07. The summed E-state index contributed by atoms with van der Waals surface area (Å²) in [7, 11) is 0. The molecule has 0 unspecified atom stereocenters. The molecule has 132 valence electrons. The fraction of sp³-hybridized carbons (Fsp3) is 0.375. The maximum Gasteiger partial charge on any atom is 0.232 e. The van der Waals surface area contributed by atoms with Gasteiger partial charge in [0.25, 0.3) is 0 Å². The van der Waals surface area contributed by atoms with Gasteiger partial charge in [0, 0.05) is 12.2 Å². The number of anilines is 3. The first-order chi connectivity index (χ1) is 12.1. The Labute approximate surface area is 149 Å². The maximum atomic E-state index is 12.9. The number of aromatic nitrogens is 3. The molecule has 1 fully saturated rings. The molecule has 1 aromatic heterocycles. The van der Waals surface area contributed by atoms with E-state index < -0.39 is 0 Å². The van der Waals surface area contributed by atoms with Gasteiger partial charge in [-0.1, -0.05) is 0 Å². The molecule has 7 nitrogen and oxygen atoms in total. The minimum Gasteiger partial charge on any atom is -0.368 e. The van der Waals surface area contributed by atoms with Gasteiger partial charge in [0.05, 0.1) is 11.5 Å². The van der Waals surface area contributed by atoms with E-state index in [1.807, 2.05) is 0 Å². The standard InChI is InChI=1S/C16H19FN6OS/c17-11-3-5-12(6-4-11)20-16-22-13(21-15(18)23-16)8-25-9-14(24)19-7-10-1-2-10/h3-6,10H,1-2,7-9H2,(H,19,24)(H3,18,20,21,22,23). The molecule has 3 rings (SSSR count). The van der Waals surface area contributed by atoms with E-state index in [1.165, 1.54) is 36.7 Å². The van der Waals surface area contributed by atoms with Crippen LogP contribution < -0.4 is 16.4 Å². The molecular weight excluding hydrogens is 343 g/mol. The largest absolute Gasteiger partial charge is 0.368 e. The first-order valence-electron chi connectivity index (χ1n) is 7.96. The summed E-state index contributed by atoms with van der Waals surface area (Å²) in [4.78, 5) is 24.1. The third-order valence-corrected chi connectivity index (χ3v) is 4.48. The second-order valence-electron chi connectivity index (χ2n) is 5.81. The molecule has 0 radical (unpaired) electrons. The van der Waals surface area contributed by atoms with E-state index in [-0.39, 0.29) is 23.6 Å². The Balaban J connectivity index is 1.51. The van der Waals surface area contributed by atoms with Gasteiger partial charge in [0.2, 0.25) is 17.8 Å². The molecule has 1 heterocycles. The lowest BCUT2D eigenvalue weighted by atomic mass is 10.3. The summed E-state index contributed by atoms with van der Waals surface area (Å²) < 4.78 is 12.9. The Hall–Kier alpha value is -2.42. The summed E-state index contributed by atoms with van der Waals surface area (Å²) in [6, 6.07) is 5.83. The number of nitrogen functional groups attached to an aromatic ring is 1. The minimum atomic E-state index is -0.322. The molecule has 0 atom stereocenters. The number of hydrogen-bond acceptors (Lipinski definition) is 7. The topological polar surface area (TPSA) is 106 Å². The van der Waals surface area contributed by atoms with Gasteiger partial charge in [-0.15, -0.1) is 11.8 Å². The number of thioether (sulfide) groups is 1. The zero-order chi connectivity index (χ0) is 17.6. The predicted octanol–water partition coefficient (Wildman–Crippen LogP) is 2.10. The fourth-order valence-electron chi connectivity index (χ4n) is 2.09. The van der Waals surface area contributed by atoms with Crippen molar-refractivity contribution in [3.05, 3.63) is 35.9 Å². The second kappa shape index (κ2) is 8.11. The molecule has 25 heavy (non-hydrogen) atoms. The number of benzene rings is 1. The van der Waals surface area contributed by atoms with Crippen LogP contribution in [0.3, 0.4) is 0 Å². The van der Waals surface area contributed by atoms with Gasteiger partial charge >= 0.3 is 0 Å². The van der Waals surface area contributed by atoms with Crippen LogP contribution in [0.2, 0.25) is 0 Å². The minimum absolute atomic E-state index is 0.0172. The summed E-state index contributed by atoms with van der Waals surface area (Å²) in [5.74, 6) is 2.01. The third kappa shape index (κ3) is 5.86. The zero-order valence-corrected chi connectivity index (χ0v) is 14.4. The predicted molar refractivity (Wildman–Crippen MR) is 95.8 cm³/mol. The molecule has 4 N–H and O–H groups in total. The van der Waals surface area contributed by atoms with E-state index in [9.17, 15) is 9.18 Å². The SMILES string of the molecule is Nc1nc(CSCC(=O)NCC2CC2)nc(Nc2ccc(F)cc2)n1. The molecule has 1 saturated carbocycles. The highest BCUT2D eigenvalue weighted by Crippen LogP contribution is 2.27. The molecule has 1 aliphatic rings. The second-order valence-corrected chi connectivity index (χ2v) is 6.79. The number of hydrogen-bond donors (Lipinski definition) is 3. The molecule has 1 aromatic carbocycles. The van der Waals surface area contributed by atoms with E-state index in [0.29, 0.717) is 28.9 Å². The van der Waals surface area contributed by atoms with Crippen LogP contribution in [0.5, 0.6) is 0 Å². The van der Waals surface area contributed by atoms with Crippen molar-refractivity contribution in [2.24, 2.45) is 5.92 Å². The van der Waals surface area contributed by atoms with Crippen molar-refractivity contribution >= 4 is 35.3 Å². The molecular formula is C16H19FN6OS. The van der Waals surface area contributed by atoms with E-state index in [2.05, 4.69) is 25.6 Å². The lowest BCUT2D eigenvalue weighted by molar-refractivity contribution is -0.118. The molecule has 0 spiro atoms. The maximum absolute atomic E-state index is 12.9. The van der Waals surface area contributed by atoms with Gasteiger partial charge in [-0.25, -0.2) is 4.39 Å². The molecule has 0 aliphatic heterocycles. The summed E-state index contributed by atoms with van der Waals surface area (Å²) >= 11 is 1.41. The van der Waals surface area contributed by atoms with Crippen LogP contribution in [0.15, 0.2) is 24.3 Å². The van der Waals surface area contributed by atoms with Crippen molar-refractivity contribution in [3.63, 3.8) is 0 Å². The van der Waals surface area contributed by atoms with Gasteiger partial charge in [-0.2, -0.15) is 15.0 Å².